The Kier molecular flexibility index (Phi) is 6.26. The number of carbonyl (C=O) groups is 1. The highest BCUT2D eigenvalue weighted by molar-refractivity contribution is 5.78. The fourth-order valence-electron chi connectivity index (χ4n) is 3.07. The number of amides is 1. The molecule has 1 aliphatic rings. The molecule has 1 aromatic rings. The Morgan fingerprint density at radius 1 is 1.38 bits per heavy atom. The molecule has 5 nitrogen and oxygen atoms in total. The van der Waals surface area contributed by atoms with Crippen LogP contribution in [0.2, 0.25) is 0 Å². The molecule has 0 bridgehead atoms. The Bertz CT molecular complexity index is 518. The summed E-state index contributed by atoms with van der Waals surface area (Å²) in [7, 11) is 0. The van der Waals surface area contributed by atoms with Gasteiger partial charge in [-0.15, -0.1) is 0 Å². The number of hydrogen-bond acceptors (Lipinski definition) is 3. The molecule has 2 N–H and O–H groups in total. The van der Waals surface area contributed by atoms with Crippen molar-refractivity contribution in [2.75, 3.05) is 6.54 Å². The maximum Gasteiger partial charge on any atom is 0.391 e. The number of nitrogens with zero attached hydrogens (tertiary/aromatic N) is 2. The lowest BCUT2D eigenvalue weighted by Crippen LogP contribution is -2.46. The van der Waals surface area contributed by atoms with Crippen LogP contribution in [0.4, 0.5) is 13.2 Å². The van der Waals surface area contributed by atoms with Gasteiger partial charge in [0.1, 0.15) is 0 Å². The minimum atomic E-state index is -4.17. The number of carbonyl (C=O) groups excluding carboxylic acids is 1. The van der Waals surface area contributed by atoms with Crippen LogP contribution in [0.25, 0.3) is 0 Å². The van der Waals surface area contributed by atoms with Crippen molar-refractivity contribution in [1.82, 2.24) is 20.4 Å². The smallest absolute Gasteiger partial charge is 0.352 e. The minimum absolute atomic E-state index is 0.00456. The van der Waals surface area contributed by atoms with Crippen LogP contribution in [0.5, 0.6) is 0 Å². The van der Waals surface area contributed by atoms with Crippen molar-refractivity contribution < 1.29 is 18.0 Å². The molecule has 136 valence electrons. The van der Waals surface area contributed by atoms with E-state index in [4.69, 9.17) is 0 Å². The van der Waals surface area contributed by atoms with Crippen molar-refractivity contribution in [3.63, 3.8) is 0 Å². The van der Waals surface area contributed by atoms with Gasteiger partial charge in [-0.25, -0.2) is 0 Å². The highest BCUT2D eigenvalue weighted by Gasteiger charge is 2.42. The first-order chi connectivity index (χ1) is 11.3. The van der Waals surface area contributed by atoms with E-state index in [0.29, 0.717) is 12.8 Å². The highest BCUT2D eigenvalue weighted by atomic mass is 19.4. The lowest BCUT2D eigenvalue weighted by Gasteiger charge is -2.31. The van der Waals surface area contributed by atoms with E-state index in [-0.39, 0.29) is 37.4 Å². The van der Waals surface area contributed by atoms with Gasteiger partial charge in [-0.1, -0.05) is 6.42 Å². The Hall–Kier alpha value is -1.57. The molecule has 1 saturated carbocycles. The van der Waals surface area contributed by atoms with Gasteiger partial charge >= 0.3 is 6.18 Å². The quantitative estimate of drug-likeness (QED) is 0.833. The molecule has 8 heteroatoms. The zero-order chi connectivity index (χ0) is 17.7. The fraction of sp³-hybridized carbons (Fsp3) is 0.750. The van der Waals surface area contributed by atoms with E-state index in [2.05, 4.69) is 15.7 Å². The summed E-state index contributed by atoms with van der Waals surface area (Å²) in [5.41, 5.74) is 0. The van der Waals surface area contributed by atoms with Crippen molar-refractivity contribution in [3.05, 3.63) is 18.5 Å². The van der Waals surface area contributed by atoms with Crippen molar-refractivity contribution in [1.29, 1.82) is 0 Å². The van der Waals surface area contributed by atoms with E-state index in [1.54, 1.807) is 10.9 Å². The van der Waals surface area contributed by atoms with Gasteiger partial charge in [0.15, 0.2) is 0 Å². The van der Waals surface area contributed by atoms with E-state index < -0.39 is 18.1 Å². The molecule has 4 atom stereocenters. The third-order valence-corrected chi connectivity index (χ3v) is 4.75. The lowest BCUT2D eigenvalue weighted by molar-refractivity contribution is -0.184. The van der Waals surface area contributed by atoms with Gasteiger partial charge in [-0.3, -0.25) is 9.48 Å². The first-order valence-electron chi connectivity index (χ1n) is 8.36. The number of aromatic nitrogens is 2. The monoisotopic (exact) mass is 346 g/mol. The van der Waals surface area contributed by atoms with Gasteiger partial charge in [0.05, 0.1) is 18.5 Å². The average Bonchev–Trinajstić information content (AvgIpc) is 3.05. The van der Waals surface area contributed by atoms with Crippen LogP contribution in [-0.2, 0) is 4.79 Å². The molecule has 0 aliphatic heterocycles. The summed E-state index contributed by atoms with van der Waals surface area (Å²) >= 11 is 0. The van der Waals surface area contributed by atoms with Crippen LogP contribution in [0, 0.1) is 5.92 Å². The highest BCUT2D eigenvalue weighted by Crippen LogP contribution is 2.37. The predicted octanol–water partition coefficient (Wildman–Crippen LogP) is 2.66. The number of nitrogens with one attached hydrogen (secondary N) is 2. The Morgan fingerprint density at radius 2 is 2.12 bits per heavy atom. The molecule has 0 radical (unpaired) electrons. The van der Waals surface area contributed by atoms with Crippen LogP contribution in [0.1, 0.15) is 45.6 Å². The topological polar surface area (TPSA) is 59.0 Å². The molecule has 1 amide bonds. The minimum Gasteiger partial charge on any atom is -0.352 e. The van der Waals surface area contributed by atoms with Gasteiger partial charge in [0, 0.05) is 24.5 Å². The largest absolute Gasteiger partial charge is 0.391 e. The van der Waals surface area contributed by atoms with Gasteiger partial charge in [0.25, 0.3) is 0 Å². The molecule has 1 aromatic heterocycles. The summed E-state index contributed by atoms with van der Waals surface area (Å²) in [4.78, 5) is 12.0. The number of halogens is 3. The number of hydrogen-bond donors (Lipinski definition) is 2. The Balaban J connectivity index is 1.75. The Labute approximate surface area is 140 Å². The first-order valence-corrected chi connectivity index (χ1v) is 8.36. The number of rotatable bonds is 6. The SMILES string of the molecule is C[C@H](NCC(=O)N[C@@H]1CCC[C@@H](C(F)(F)F)C1)[C@@H](C)n1cccn1. The third-order valence-electron chi connectivity index (χ3n) is 4.75. The van der Waals surface area contributed by atoms with Crippen molar-refractivity contribution in [2.45, 2.75) is 63.8 Å². The van der Waals surface area contributed by atoms with Crippen LogP contribution < -0.4 is 10.6 Å². The standard InChI is InChI=1S/C16H25F3N4O/c1-11(12(2)23-8-4-7-21-23)20-10-15(24)22-14-6-3-5-13(9-14)16(17,18)19/h4,7-8,11-14,20H,3,5-6,9-10H2,1-2H3,(H,22,24)/t11-,12+,13+,14+/m0/s1. The molecule has 24 heavy (non-hydrogen) atoms. The summed E-state index contributed by atoms with van der Waals surface area (Å²) in [6.07, 6.45) is 0.613. The molecule has 1 fully saturated rings. The maximum absolute atomic E-state index is 12.8. The summed E-state index contributed by atoms with van der Waals surface area (Å²) in [5.74, 6) is -1.56. The summed E-state index contributed by atoms with van der Waals surface area (Å²) < 4.78 is 40.2. The molecule has 0 unspecified atom stereocenters. The van der Waals surface area contributed by atoms with Crippen molar-refractivity contribution >= 4 is 5.91 Å². The second kappa shape index (κ2) is 8.00. The van der Waals surface area contributed by atoms with Gasteiger partial charge in [0.2, 0.25) is 5.91 Å². The maximum atomic E-state index is 12.8. The average molecular weight is 346 g/mol. The van der Waals surface area contributed by atoms with E-state index in [1.165, 1.54) is 0 Å². The van der Waals surface area contributed by atoms with Gasteiger partial charge in [-0.2, -0.15) is 18.3 Å². The van der Waals surface area contributed by atoms with Crippen LogP contribution in [-0.4, -0.2) is 40.5 Å². The fourth-order valence-corrected chi connectivity index (χ4v) is 3.07. The predicted molar refractivity (Wildman–Crippen MR) is 84.3 cm³/mol. The summed E-state index contributed by atoms with van der Waals surface area (Å²) in [5, 5.41) is 9.99. The molecule has 0 spiro atoms. The van der Waals surface area contributed by atoms with Crippen LogP contribution >= 0.6 is 0 Å². The third kappa shape index (κ3) is 5.22. The van der Waals surface area contributed by atoms with E-state index >= 15 is 0 Å². The van der Waals surface area contributed by atoms with Gasteiger partial charge < -0.3 is 10.6 Å². The molecule has 2 rings (SSSR count). The zero-order valence-electron chi connectivity index (χ0n) is 14.0. The van der Waals surface area contributed by atoms with Gasteiger partial charge in [-0.05, 0) is 39.2 Å². The van der Waals surface area contributed by atoms with Crippen molar-refractivity contribution in [3.8, 4) is 0 Å². The van der Waals surface area contributed by atoms with Crippen molar-refractivity contribution in [2.24, 2.45) is 5.92 Å². The molecule has 1 aliphatic carbocycles. The second-order valence-corrected chi connectivity index (χ2v) is 6.57. The summed E-state index contributed by atoms with van der Waals surface area (Å²) in [6, 6.07) is 1.51. The normalized spacial score (nSPS) is 24.4. The number of alkyl halides is 3. The molecule has 1 heterocycles. The lowest BCUT2D eigenvalue weighted by atomic mass is 9.85. The van der Waals surface area contributed by atoms with E-state index in [1.807, 2.05) is 26.1 Å². The Morgan fingerprint density at radius 3 is 2.75 bits per heavy atom. The first kappa shape index (κ1) is 18.8. The van der Waals surface area contributed by atoms with E-state index in [0.717, 1.165) is 0 Å². The summed E-state index contributed by atoms with van der Waals surface area (Å²) in [6.45, 7) is 4.01. The van der Waals surface area contributed by atoms with Crippen LogP contribution in [0.15, 0.2) is 18.5 Å². The second-order valence-electron chi connectivity index (χ2n) is 6.57. The molecular formula is C16H25F3N4O. The molecule has 0 aromatic carbocycles. The molecule has 0 saturated heterocycles. The van der Waals surface area contributed by atoms with E-state index in [9.17, 15) is 18.0 Å². The molecular weight excluding hydrogens is 321 g/mol. The zero-order valence-corrected chi connectivity index (χ0v) is 14.0. The van der Waals surface area contributed by atoms with Crippen LogP contribution in [0.3, 0.4) is 0 Å².